The lowest BCUT2D eigenvalue weighted by molar-refractivity contribution is -0.122. The second-order valence-corrected chi connectivity index (χ2v) is 10.0. The Hall–Kier alpha value is -1.38. The zero-order chi connectivity index (χ0) is 20.6. The maximum Gasteiger partial charge on any atom is 0.253 e. The average Bonchev–Trinajstić information content (AvgIpc) is 3.14. The van der Waals surface area contributed by atoms with Crippen molar-refractivity contribution in [2.24, 2.45) is 0 Å². The van der Waals surface area contributed by atoms with E-state index in [4.69, 9.17) is 4.98 Å². The standard InChI is InChI=1S/C21H26BrN3O2S2/c1-28-13-11-17(25-20(26)14-6-2-3-7-15(14)22)21(27)23-12-10-19-24-16-8-4-5-9-18(16)29-19/h2-3,6-7,17H,4-5,8-13H2,1H3,(H,23,27)(H,25,26). The number of thioether (sulfide) groups is 1. The minimum Gasteiger partial charge on any atom is -0.354 e. The second-order valence-electron chi connectivity index (χ2n) is 7.01. The van der Waals surface area contributed by atoms with Gasteiger partial charge < -0.3 is 10.6 Å². The molecule has 0 aliphatic heterocycles. The number of carbonyl (C=O) groups excluding carboxylic acids is 2. The molecule has 1 heterocycles. The Morgan fingerprint density at radius 2 is 2.07 bits per heavy atom. The number of aryl methyl sites for hydroxylation is 2. The Labute approximate surface area is 188 Å². The maximum atomic E-state index is 12.7. The van der Waals surface area contributed by atoms with Gasteiger partial charge in [-0.05, 0) is 72.2 Å². The third kappa shape index (κ3) is 6.30. The molecule has 1 aromatic heterocycles. The highest BCUT2D eigenvalue weighted by atomic mass is 79.9. The SMILES string of the molecule is CSCCC(NC(=O)c1ccccc1Br)C(=O)NCCc1nc2c(s1)CCCC2. The van der Waals surface area contributed by atoms with Crippen LogP contribution in [0.1, 0.15) is 45.2 Å². The lowest BCUT2D eigenvalue weighted by Crippen LogP contribution is -2.47. The van der Waals surface area contributed by atoms with Crippen LogP contribution in [0.25, 0.3) is 0 Å². The Bertz CT molecular complexity index is 833. The number of aromatic nitrogens is 1. The summed E-state index contributed by atoms with van der Waals surface area (Å²) in [5, 5.41) is 6.97. The molecule has 0 saturated carbocycles. The summed E-state index contributed by atoms with van der Waals surface area (Å²) < 4.78 is 0.717. The lowest BCUT2D eigenvalue weighted by atomic mass is 10.0. The molecule has 1 atom stereocenters. The Kier molecular flexibility index (Phi) is 8.56. The number of rotatable bonds is 9. The van der Waals surface area contributed by atoms with Crippen LogP contribution >= 0.6 is 39.0 Å². The average molecular weight is 496 g/mol. The Balaban J connectivity index is 1.55. The van der Waals surface area contributed by atoms with Crippen LogP contribution in [0.3, 0.4) is 0 Å². The van der Waals surface area contributed by atoms with Crippen molar-refractivity contribution in [3.05, 3.63) is 49.9 Å². The van der Waals surface area contributed by atoms with E-state index in [-0.39, 0.29) is 11.8 Å². The molecule has 3 rings (SSSR count). The molecule has 29 heavy (non-hydrogen) atoms. The van der Waals surface area contributed by atoms with Crippen molar-refractivity contribution in [2.75, 3.05) is 18.6 Å². The summed E-state index contributed by atoms with van der Waals surface area (Å²) in [6.45, 7) is 0.534. The number of nitrogens with one attached hydrogen (secondary N) is 2. The van der Waals surface area contributed by atoms with Crippen LogP contribution in [0, 0.1) is 0 Å². The fourth-order valence-corrected chi connectivity index (χ4v) is 5.41. The fraction of sp³-hybridized carbons (Fsp3) is 0.476. The van der Waals surface area contributed by atoms with Crippen LogP contribution in [0.2, 0.25) is 0 Å². The van der Waals surface area contributed by atoms with Gasteiger partial charge in [-0.3, -0.25) is 9.59 Å². The van der Waals surface area contributed by atoms with Crippen molar-refractivity contribution in [2.45, 2.75) is 44.6 Å². The van der Waals surface area contributed by atoms with Crippen molar-refractivity contribution in [3.63, 3.8) is 0 Å². The molecule has 1 aliphatic carbocycles. The van der Waals surface area contributed by atoms with Crippen LogP contribution in [-0.2, 0) is 24.1 Å². The van der Waals surface area contributed by atoms with E-state index in [1.807, 2.05) is 24.5 Å². The molecule has 0 radical (unpaired) electrons. The van der Waals surface area contributed by atoms with E-state index in [0.29, 0.717) is 23.0 Å². The molecular formula is C21H26BrN3O2S2. The van der Waals surface area contributed by atoms with Gasteiger partial charge in [-0.1, -0.05) is 12.1 Å². The molecule has 2 amide bonds. The van der Waals surface area contributed by atoms with Gasteiger partial charge in [-0.2, -0.15) is 11.8 Å². The first-order valence-corrected chi connectivity index (χ1v) is 12.9. The Morgan fingerprint density at radius 1 is 1.28 bits per heavy atom. The number of carbonyl (C=O) groups is 2. The zero-order valence-corrected chi connectivity index (χ0v) is 19.7. The van der Waals surface area contributed by atoms with Crippen molar-refractivity contribution < 1.29 is 9.59 Å². The van der Waals surface area contributed by atoms with Gasteiger partial charge in [0, 0.05) is 22.3 Å². The summed E-state index contributed by atoms with van der Waals surface area (Å²) in [6, 6.07) is 6.68. The van der Waals surface area contributed by atoms with Gasteiger partial charge in [0.25, 0.3) is 5.91 Å². The van der Waals surface area contributed by atoms with E-state index in [1.54, 1.807) is 29.2 Å². The number of hydrogen-bond donors (Lipinski definition) is 2. The first-order valence-electron chi connectivity index (χ1n) is 9.88. The van der Waals surface area contributed by atoms with Crippen molar-refractivity contribution in [3.8, 4) is 0 Å². The molecule has 0 bridgehead atoms. The normalized spacial score (nSPS) is 14.1. The molecule has 156 valence electrons. The predicted molar refractivity (Wildman–Crippen MR) is 124 cm³/mol. The summed E-state index contributed by atoms with van der Waals surface area (Å²) in [5.41, 5.74) is 1.78. The Morgan fingerprint density at radius 3 is 2.83 bits per heavy atom. The highest BCUT2D eigenvalue weighted by Gasteiger charge is 2.22. The van der Waals surface area contributed by atoms with Crippen LogP contribution < -0.4 is 10.6 Å². The molecule has 5 nitrogen and oxygen atoms in total. The topological polar surface area (TPSA) is 71.1 Å². The summed E-state index contributed by atoms with van der Waals surface area (Å²) in [7, 11) is 0. The summed E-state index contributed by atoms with van der Waals surface area (Å²) in [6.07, 6.45) is 8.01. The van der Waals surface area contributed by atoms with Gasteiger partial charge in [0.15, 0.2) is 0 Å². The van der Waals surface area contributed by atoms with Gasteiger partial charge in [0.2, 0.25) is 5.91 Å². The number of halogens is 1. The third-order valence-corrected chi connectivity index (χ3v) is 7.43. The summed E-state index contributed by atoms with van der Waals surface area (Å²) >= 11 is 6.84. The molecule has 1 aliphatic rings. The molecule has 0 spiro atoms. The molecule has 2 aromatic rings. The molecule has 0 saturated heterocycles. The van der Waals surface area contributed by atoms with Crippen molar-refractivity contribution in [1.82, 2.24) is 15.6 Å². The van der Waals surface area contributed by atoms with Gasteiger partial charge in [-0.25, -0.2) is 4.98 Å². The van der Waals surface area contributed by atoms with Gasteiger partial charge in [0.05, 0.1) is 16.3 Å². The first-order chi connectivity index (χ1) is 14.1. The summed E-state index contributed by atoms with van der Waals surface area (Å²) in [4.78, 5) is 31.5. The quantitative estimate of drug-likeness (QED) is 0.551. The van der Waals surface area contributed by atoms with Crippen LogP contribution in [0.5, 0.6) is 0 Å². The number of fused-ring (bicyclic) bond motifs is 1. The summed E-state index contributed by atoms with van der Waals surface area (Å²) in [5.74, 6) is 0.417. The monoisotopic (exact) mass is 495 g/mol. The number of benzene rings is 1. The van der Waals surface area contributed by atoms with Crippen LogP contribution in [-0.4, -0.2) is 41.4 Å². The smallest absolute Gasteiger partial charge is 0.253 e. The molecule has 1 unspecified atom stereocenters. The van der Waals surface area contributed by atoms with E-state index >= 15 is 0 Å². The largest absolute Gasteiger partial charge is 0.354 e. The lowest BCUT2D eigenvalue weighted by Gasteiger charge is -2.18. The molecule has 1 aromatic carbocycles. The van der Waals surface area contributed by atoms with E-state index in [9.17, 15) is 9.59 Å². The minimum absolute atomic E-state index is 0.138. The van der Waals surface area contributed by atoms with Crippen LogP contribution in [0.15, 0.2) is 28.7 Å². The van der Waals surface area contributed by atoms with Gasteiger partial charge in [0.1, 0.15) is 6.04 Å². The second kappa shape index (κ2) is 11.1. The highest BCUT2D eigenvalue weighted by Crippen LogP contribution is 2.26. The predicted octanol–water partition coefficient (Wildman–Crippen LogP) is 3.99. The van der Waals surface area contributed by atoms with E-state index in [0.717, 1.165) is 30.0 Å². The van der Waals surface area contributed by atoms with Crippen molar-refractivity contribution in [1.29, 1.82) is 0 Å². The van der Waals surface area contributed by atoms with Crippen molar-refractivity contribution >= 4 is 50.8 Å². The molecule has 0 fully saturated rings. The number of thiazole rings is 1. The molecular weight excluding hydrogens is 470 g/mol. The fourth-order valence-electron chi connectivity index (χ4n) is 3.31. The van der Waals surface area contributed by atoms with E-state index in [1.165, 1.54) is 23.4 Å². The van der Waals surface area contributed by atoms with Gasteiger partial charge in [-0.15, -0.1) is 11.3 Å². The van der Waals surface area contributed by atoms with E-state index in [2.05, 4.69) is 26.6 Å². The highest BCUT2D eigenvalue weighted by molar-refractivity contribution is 9.10. The number of nitrogens with zero attached hydrogens (tertiary/aromatic N) is 1. The first kappa shape index (κ1) is 22.3. The van der Waals surface area contributed by atoms with E-state index < -0.39 is 6.04 Å². The minimum atomic E-state index is -0.549. The van der Waals surface area contributed by atoms with Gasteiger partial charge >= 0.3 is 0 Å². The third-order valence-electron chi connectivity index (χ3n) is 4.88. The van der Waals surface area contributed by atoms with Crippen LogP contribution in [0.4, 0.5) is 0 Å². The number of hydrogen-bond acceptors (Lipinski definition) is 5. The molecule has 8 heteroatoms. The zero-order valence-electron chi connectivity index (χ0n) is 16.5. The molecule has 2 N–H and O–H groups in total. The number of amides is 2. The maximum absolute atomic E-state index is 12.7.